The molecule has 0 aromatic heterocycles. The van der Waals surface area contributed by atoms with Crippen molar-refractivity contribution in [1.29, 1.82) is 0 Å². The molecule has 124 valence electrons. The SMILES string of the molecule is CCCCCCOc1ccccc1CN[C@H](C)c1ccccc1. The Labute approximate surface area is 140 Å². The zero-order chi connectivity index (χ0) is 16.3. The van der Waals surface area contributed by atoms with Gasteiger partial charge in [-0.15, -0.1) is 0 Å². The van der Waals surface area contributed by atoms with Crippen LogP contribution in [0.3, 0.4) is 0 Å². The Morgan fingerprint density at radius 1 is 0.913 bits per heavy atom. The minimum atomic E-state index is 0.328. The monoisotopic (exact) mass is 311 g/mol. The number of benzene rings is 2. The summed E-state index contributed by atoms with van der Waals surface area (Å²) in [5.74, 6) is 1.01. The Morgan fingerprint density at radius 2 is 1.65 bits per heavy atom. The van der Waals surface area contributed by atoms with Gasteiger partial charge in [0.05, 0.1) is 6.61 Å². The molecule has 2 nitrogen and oxygen atoms in total. The molecule has 0 bridgehead atoms. The molecule has 1 atom stereocenters. The molecular formula is C21H29NO. The molecule has 0 spiro atoms. The van der Waals surface area contributed by atoms with Crippen molar-refractivity contribution in [3.05, 3.63) is 65.7 Å². The lowest BCUT2D eigenvalue weighted by Crippen LogP contribution is -2.18. The minimum Gasteiger partial charge on any atom is -0.493 e. The topological polar surface area (TPSA) is 21.3 Å². The van der Waals surface area contributed by atoms with Gasteiger partial charge in [-0.3, -0.25) is 0 Å². The molecule has 0 radical (unpaired) electrons. The molecule has 23 heavy (non-hydrogen) atoms. The van der Waals surface area contributed by atoms with Crippen LogP contribution in [-0.4, -0.2) is 6.61 Å². The molecule has 2 rings (SSSR count). The maximum absolute atomic E-state index is 5.98. The van der Waals surface area contributed by atoms with Crippen LogP contribution in [0.4, 0.5) is 0 Å². The first-order valence-electron chi connectivity index (χ1n) is 8.80. The van der Waals surface area contributed by atoms with Gasteiger partial charge in [0.1, 0.15) is 5.75 Å². The van der Waals surface area contributed by atoms with E-state index in [-0.39, 0.29) is 0 Å². The van der Waals surface area contributed by atoms with Crippen molar-refractivity contribution in [1.82, 2.24) is 5.32 Å². The summed E-state index contributed by atoms with van der Waals surface area (Å²) in [5.41, 5.74) is 2.54. The second-order valence-corrected chi connectivity index (χ2v) is 6.03. The molecule has 1 N–H and O–H groups in total. The fraction of sp³-hybridized carbons (Fsp3) is 0.429. The molecule has 0 aliphatic heterocycles. The van der Waals surface area contributed by atoms with Crippen LogP contribution >= 0.6 is 0 Å². The van der Waals surface area contributed by atoms with Crippen LogP contribution < -0.4 is 10.1 Å². The van der Waals surface area contributed by atoms with Gasteiger partial charge in [-0.1, -0.05) is 74.7 Å². The summed E-state index contributed by atoms with van der Waals surface area (Å²) in [7, 11) is 0. The average molecular weight is 311 g/mol. The van der Waals surface area contributed by atoms with Gasteiger partial charge in [0.15, 0.2) is 0 Å². The third-order valence-electron chi connectivity index (χ3n) is 4.13. The number of rotatable bonds is 10. The van der Waals surface area contributed by atoms with Crippen LogP contribution in [0.1, 0.15) is 56.7 Å². The summed E-state index contributed by atoms with van der Waals surface area (Å²) < 4.78 is 5.98. The van der Waals surface area contributed by atoms with Crippen molar-refractivity contribution in [3.63, 3.8) is 0 Å². The largest absolute Gasteiger partial charge is 0.493 e. The second kappa shape index (κ2) is 10.1. The molecule has 0 heterocycles. The van der Waals surface area contributed by atoms with E-state index < -0.39 is 0 Å². The van der Waals surface area contributed by atoms with Crippen molar-refractivity contribution in [2.24, 2.45) is 0 Å². The summed E-state index contributed by atoms with van der Waals surface area (Å²) in [4.78, 5) is 0. The van der Waals surface area contributed by atoms with E-state index in [1.807, 2.05) is 6.07 Å². The molecule has 0 aliphatic carbocycles. The van der Waals surface area contributed by atoms with Gasteiger partial charge in [0, 0.05) is 18.2 Å². The molecule has 0 amide bonds. The second-order valence-electron chi connectivity index (χ2n) is 6.03. The van der Waals surface area contributed by atoms with Crippen LogP contribution in [-0.2, 0) is 6.54 Å². The average Bonchev–Trinajstić information content (AvgIpc) is 2.61. The smallest absolute Gasteiger partial charge is 0.123 e. The standard InChI is InChI=1S/C21H29NO/c1-3-4-5-11-16-23-21-15-10-9-14-20(21)17-22-18(2)19-12-7-6-8-13-19/h6-10,12-15,18,22H,3-5,11,16-17H2,1-2H3/t18-/m1/s1. The number of ether oxygens (including phenoxy) is 1. The van der Waals surface area contributed by atoms with Gasteiger partial charge < -0.3 is 10.1 Å². The normalized spacial score (nSPS) is 12.1. The quantitative estimate of drug-likeness (QED) is 0.585. The predicted molar refractivity (Wildman–Crippen MR) is 97.8 cm³/mol. The first-order chi connectivity index (χ1) is 11.3. The fourth-order valence-corrected chi connectivity index (χ4v) is 2.62. The molecule has 0 aliphatic rings. The first-order valence-corrected chi connectivity index (χ1v) is 8.80. The van der Waals surface area contributed by atoms with Crippen molar-refractivity contribution in [3.8, 4) is 5.75 Å². The van der Waals surface area contributed by atoms with Crippen LogP contribution in [0.5, 0.6) is 5.75 Å². The molecule has 2 heteroatoms. The van der Waals surface area contributed by atoms with Crippen LogP contribution in [0, 0.1) is 0 Å². The van der Waals surface area contributed by atoms with E-state index in [0.717, 1.165) is 25.3 Å². The number of unbranched alkanes of at least 4 members (excludes halogenated alkanes) is 3. The highest BCUT2D eigenvalue weighted by atomic mass is 16.5. The lowest BCUT2D eigenvalue weighted by molar-refractivity contribution is 0.301. The van der Waals surface area contributed by atoms with E-state index in [2.05, 4.69) is 67.7 Å². The van der Waals surface area contributed by atoms with Gasteiger partial charge in [-0.2, -0.15) is 0 Å². The molecule has 0 unspecified atom stereocenters. The van der Waals surface area contributed by atoms with Crippen LogP contribution in [0.2, 0.25) is 0 Å². The maximum Gasteiger partial charge on any atom is 0.123 e. The van der Waals surface area contributed by atoms with Crippen molar-refractivity contribution in [2.75, 3.05) is 6.61 Å². The number of para-hydroxylation sites is 1. The lowest BCUT2D eigenvalue weighted by atomic mass is 10.1. The van der Waals surface area contributed by atoms with E-state index in [1.54, 1.807) is 0 Å². The van der Waals surface area contributed by atoms with E-state index in [4.69, 9.17) is 4.74 Å². The van der Waals surface area contributed by atoms with Crippen LogP contribution in [0.15, 0.2) is 54.6 Å². The maximum atomic E-state index is 5.98. The molecular weight excluding hydrogens is 282 g/mol. The van der Waals surface area contributed by atoms with Gasteiger partial charge in [0.2, 0.25) is 0 Å². The van der Waals surface area contributed by atoms with E-state index in [0.29, 0.717) is 6.04 Å². The van der Waals surface area contributed by atoms with Crippen molar-refractivity contribution >= 4 is 0 Å². The highest BCUT2D eigenvalue weighted by molar-refractivity contribution is 5.33. The summed E-state index contributed by atoms with van der Waals surface area (Å²) >= 11 is 0. The Balaban J connectivity index is 1.85. The number of hydrogen-bond acceptors (Lipinski definition) is 2. The highest BCUT2D eigenvalue weighted by Crippen LogP contribution is 2.20. The highest BCUT2D eigenvalue weighted by Gasteiger charge is 2.07. The Kier molecular flexibility index (Phi) is 7.68. The molecule has 0 saturated heterocycles. The van der Waals surface area contributed by atoms with Crippen molar-refractivity contribution < 1.29 is 4.74 Å². The van der Waals surface area contributed by atoms with E-state index >= 15 is 0 Å². The summed E-state index contributed by atoms with van der Waals surface area (Å²) in [5, 5.41) is 3.59. The minimum absolute atomic E-state index is 0.328. The number of hydrogen-bond donors (Lipinski definition) is 1. The number of nitrogens with one attached hydrogen (secondary N) is 1. The van der Waals surface area contributed by atoms with Gasteiger partial charge >= 0.3 is 0 Å². The Bertz CT molecular complexity index is 553. The van der Waals surface area contributed by atoms with Gasteiger partial charge in [0.25, 0.3) is 0 Å². The van der Waals surface area contributed by atoms with Crippen molar-refractivity contribution in [2.45, 2.75) is 52.1 Å². The van der Waals surface area contributed by atoms with E-state index in [1.165, 1.54) is 30.4 Å². The van der Waals surface area contributed by atoms with E-state index in [9.17, 15) is 0 Å². The Hall–Kier alpha value is -1.80. The van der Waals surface area contributed by atoms with Gasteiger partial charge in [-0.05, 0) is 25.0 Å². The third kappa shape index (κ3) is 6.07. The zero-order valence-electron chi connectivity index (χ0n) is 14.4. The lowest BCUT2D eigenvalue weighted by Gasteiger charge is -2.16. The first kappa shape index (κ1) is 17.6. The zero-order valence-corrected chi connectivity index (χ0v) is 14.4. The summed E-state index contributed by atoms with van der Waals surface area (Å²) in [6, 6.07) is 19.2. The molecule has 2 aromatic carbocycles. The fourth-order valence-electron chi connectivity index (χ4n) is 2.62. The predicted octanol–water partition coefficient (Wildman–Crippen LogP) is 5.50. The van der Waals surface area contributed by atoms with Gasteiger partial charge in [-0.25, -0.2) is 0 Å². The Morgan fingerprint density at radius 3 is 2.43 bits per heavy atom. The summed E-state index contributed by atoms with van der Waals surface area (Å²) in [6.07, 6.45) is 4.94. The van der Waals surface area contributed by atoms with Crippen LogP contribution in [0.25, 0.3) is 0 Å². The third-order valence-corrected chi connectivity index (χ3v) is 4.13. The molecule has 0 saturated carbocycles. The molecule has 2 aromatic rings. The summed E-state index contributed by atoms with van der Waals surface area (Å²) in [6.45, 7) is 6.06. The molecule has 0 fully saturated rings.